The van der Waals surface area contributed by atoms with Gasteiger partial charge in [-0.1, -0.05) is 24.3 Å². The van der Waals surface area contributed by atoms with Crippen molar-refractivity contribution in [3.8, 4) is 5.75 Å². The Hall–Kier alpha value is -3.58. The van der Waals surface area contributed by atoms with Crippen LogP contribution in [0, 0.1) is 11.7 Å². The number of hydrogen-bond acceptors (Lipinski definition) is 5. The lowest BCUT2D eigenvalue weighted by atomic mass is 9.93. The van der Waals surface area contributed by atoms with Crippen molar-refractivity contribution in [1.82, 2.24) is 9.88 Å². The minimum absolute atomic E-state index is 0.0237. The van der Waals surface area contributed by atoms with Crippen LogP contribution in [0.4, 0.5) is 10.1 Å². The molecule has 2 N–H and O–H groups in total. The summed E-state index contributed by atoms with van der Waals surface area (Å²) in [5.74, 6) is 0.125. The highest BCUT2D eigenvalue weighted by molar-refractivity contribution is 8.00. The van der Waals surface area contributed by atoms with E-state index in [2.05, 4.69) is 9.71 Å². The van der Waals surface area contributed by atoms with Crippen molar-refractivity contribution in [2.45, 2.75) is 37.0 Å². The number of phenols is 1. The van der Waals surface area contributed by atoms with Crippen molar-refractivity contribution in [1.29, 1.82) is 0 Å². The fourth-order valence-electron chi connectivity index (χ4n) is 4.94. The molecule has 0 saturated carbocycles. The second-order valence-corrected chi connectivity index (χ2v) is 10.3. The summed E-state index contributed by atoms with van der Waals surface area (Å²) in [4.78, 5) is 20.6. The van der Waals surface area contributed by atoms with E-state index in [1.807, 2.05) is 59.5 Å². The number of phenolic OH excluding ortho intramolecular Hbond substituents is 1. The van der Waals surface area contributed by atoms with Gasteiger partial charge in [-0.15, -0.1) is 0 Å². The number of aromatic nitrogens is 1. The SMILES string of the molecule is O=C(c1ccc(NSc2cccc3cccnc23)cc1)N1CCCC(CCc2c(O)cccc2F)CC1. The van der Waals surface area contributed by atoms with E-state index in [4.69, 9.17) is 0 Å². The first kappa shape index (κ1) is 25.1. The molecule has 0 spiro atoms. The maximum atomic E-state index is 14.0. The lowest BCUT2D eigenvalue weighted by molar-refractivity contribution is 0.0760. The Morgan fingerprint density at radius 3 is 2.68 bits per heavy atom. The smallest absolute Gasteiger partial charge is 0.253 e. The van der Waals surface area contributed by atoms with Crippen LogP contribution in [0.25, 0.3) is 10.9 Å². The lowest BCUT2D eigenvalue weighted by Crippen LogP contribution is -2.32. The van der Waals surface area contributed by atoms with E-state index in [1.165, 1.54) is 30.1 Å². The van der Waals surface area contributed by atoms with E-state index in [0.717, 1.165) is 53.7 Å². The highest BCUT2D eigenvalue weighted by atomic mass is 32.2. The zero-order chi connectivity index (χ0) is 25.6. The molecule has 5 rings (SSSR count). The Labute approximate surface area is 220 Å². The largest absolute Gasteiger partial charge is 0.508 e. The summed E-state index contributed by atoms with van der Waals surface area (Å²) >= 11 is 1.51. The van der Waals surface area contributed by atoms with Crippen LogP contribution >= 0.6 is 11.9 Å². The quantitative estimate of drug-likeness (QED) is 0.258. The zero-order valence-electron chi connectivity index (χ0n) is 20.6. The maximum absolute atomic E-state index is 14.0. The van der Waals surface area contributed by atoms with Gasteiger partial charge in [0, 0.05) is 41.5 Å². The van der Waals surface area contributed by atoms with Crippen molar-refractivity contribution in [2.24, 2.45) is 5.92 Å². The second-order valence-electron chi connectivity index (χ2n) is 9.48. The van der Waals surface area contributed by atoms with Gasteiger partial charge in [0.25, 0.3) is 5.91 Å². The number of nitrogens with zero attached hydrogens (tertiary/aromatic N) is 2. The van der Waals surface area contributed by atoms with Gasteiger partial charge < -0.3 is 14.7 Å². The van der Waals surface area contributed by atoms with E-state index in [-0.39, 0.29) is 17.5 Å². The third-order valence-electron chi connectivity index (χ3n) is 7.04. The zero-order valence-corrected chi connectivity index (χ0v) is 21.4. The summed E-state index contributed by atoms with van der Waals surface area (Å²) in [7, 11) is 0. The molecule has 7 heteroatoms. The number of fused-ring (bicyclic) bond motifs is 1. The number of benzene rings is 3. The summed E-state index contributed by atoms with van der Waals surface area (Å²) in [5, 5.41) is 11.1. The Balaban J connectivity index is 1.15. The van der Waals surface area contributed by atoms with Gasteiger partial charge in [-0.3, -0.25) is 9.78 Å². The summed E-state index contributed by atoms with van der Waals surface area (Å²) in [6, 6.07) is 22.1. The van der Waals surface area contributed by atoms with Crippen LogP contribution < -0.4 is 4.72 Å². The fraction of sp³-hybridized carbons (Fsp3) is 0.267. The highest BCUT2D eigenvalue weighted by Gasteiger charge is 2.22. The molecule has 1 aliphatic rings. The van der Waals surface area contributed by atoms with Gasteiger partial charge >= 0.3 is 0 Å². The van der Waals surface area contributed by atoms with Gasteiger partial charge in [-0.2, -0.15) is 0 Å². The highest BCUT2D eigenvalue weighted by Crippen LogP contribution is 2.29. The molecule has 1 atom stereocenters. The molecule has 1 unspecified atom stereocenters. The number of carbonyl (C=O) groups excluding carboxylic acids is 1. The van der Waals surface area contributed by atoms with Gasteiger partial charge in [0.05, 0.1) is 10.4 Å². The minimum Gasteiger partial charge on any atom is -0.508 e. The summed E-state index contributed by atoms with van der Waals surface area (Å²) in [5.41, 5.74) is 2.95. The maximum Gasteiger partial charge on any atom is 0.253 e. The van der Waals surface area contributed by atoms with Gasteiger partial charge in [0.2, 0.25) is 0 Å². The number of para-hydroxylation sites is 1. The normalized spacial score (nSPS) is 15.9. The lowest BCUT2D eigenvalue weighted by Gasteiger charge is -2.21. The average Bonchev–Trinajstić information content (AvgIpc) is 3.17. The van der Waals surface area contributed by atoms with E-state index < -0.39 is 0 Å². The molecule has 37 heavy (non-hydrogen) atoms. The molecular weight excluding hydrogens is 485 g/mol. The summed E-state index contributed by atoms with van der Waals surface area (Å²) in [6.45, 7) is 1.42. The molecule has 0 bridgehead atoms. The van der Waals surface area contributed by atoms with Crippen LogP contribution in [-0.4, -0.2) is 34.0 Å². The monoisotopic (exact) mass is 515 g/mol. The topological polar surface area (TPSA) is 65.5 Å². The van der Waals surface area contributed by atoms with Crippen LogP contribution in [0.2, 0.25) is 0 Å². The van der Waals surface area contributed by atoms with Gasteiger partial charge in [-0.25, -0.2) is 4.39 Å². The van der Waals surface area contributed by atoms with Crippen molar-refractivity contribution >= 4 is 34.4 Å². The minimum atomic E-state index is -0.351. The Morgan fingerprint density at radius 1 is 1.03 bits per heavy atom. The molecule has 1 aromatic heterocycles. The molecule has 1 saturated heterocycles. The van der Waals surface area contributed by atoms with E-state index in [1.54, 1.807) is 6.20 Å². The number of rotatable bonds is 7. The summed E-state index contributed by atoms with van der Waals surface area (Å²) in [6.07, 6.45) is 5.93. The molecule has 0 aliphatic carbocycles. The predicted molar refractivity (Wildman–Crippen MR) is 147 cm³/mol. The molecule has 3 aromatic carbocycles. The number of halogens is 1. The number of amides is 1. The number of hydrogen-bond donors (Lipinski definition) is 2. The van der Waals surface area contributed by atoms with Crippen molar-refractivity contribution in [3.63, 3.8) is 0 Å². The van der Waals surface area contributed by atoms with Crippen LogP contribution in [0.3, 0.4) is 0 Å². The molecule has 5 nitrogen and oxygen atoms in total. The van der Waals surface area contributed by atoms with Crippen LogP contribution in [0.5, 0.6) is 5.75 Å². The molecule has 4 aromatic rings. The molecule has 190 valence electrons. The molecule has 1 amide bonds. The molecule has 2 heterocycles. The first-order chi connectivity index (χ1) is 18.1. The van der Waals surface area contributed by atoms with Gasteiger partial charge in [0.15, 0.2) is 0 Å². The standard InChI is InChI=1S/C30H30FN3O2S/c31-26-8-2-9-27(35)25(26)16-11-21-5-4-19-34(20-17-21)30(36)23-12-14-24(15-13-23)33-37-28-10-1-6-22-7-3-18-32-29(22)28/h1-3,6-10,12-15,18,21,33,35H,4-5,11,16-17,19-20H2. The van der Waals surface area contributed by atoms with Crippen LogP contribution in [0.15, 0.2) is 83.9 Å². The van der Waals surface area contributed by atoms with Gasteiger partial charge in [0.1, 0.15) is 11.6 Å². The molecule has 0 radical (unpaired) electrons. The van der Waals surface area contributed by atoms with E-state index in [9.17, 15) is 14.3 Å². The number of aromatic hydroxyl groups is 1. The van der Waals surface area contributed by atoms with E-state index >= 15 is 0 Å². The third kappa shape index (κ3) is 6.05. The number of nitrogens with one attached hydrogen (secondary N) is 1. The molecule has 1 fully saturated rings. The molecule has 1 aliphatic heterocycles. The summed E-state index contributed by atoms with van der Waals surface area (Å²) < 4.78 is 17.4. The Bertz CT molecular complexity index is 1350. The van der Waals surface area contributed by atoms with Crippen LogP contribution in [-0.2, 0) is 6.42 Å². The number of anilines is 1. The predicted octanol–water partition coefficient (Wildman–Crippen LogP) is 7.07. The number of pyridine rings is 1. The fourth-order valence-corrected chi connectivity index (χ4v) is 5.71. The second kappa shape index (κ2) is 11.6. The van der Waals surface area contributed by atoms with Crippen molar-refractivity contribution in [3.05, 3.63) is 95.9 Å². The Morgan fingerprint density at radius 2 is 1.84 bits per heavy atom. The Kier molecular flexibility index (Phi) is 7.90. The molecular formula is C30H30FN3O2S. The first-order valence-corrected chi connectivity index (χ1v) is 13.5. The van der Waals surface area contributed by atoms with Gasteiger partial charge in [-0.05, 0) is 98.5 Å². The number of likely N-dealkylation sites (tertiary alicyclic amines) is 1. The van der Waals surface area contributed by atoms with E-state index in [0.29, 0.717) is 30.0 Å². The first-order valence-electron chi connectivity index (χ1n) is 12.7. The van der Waals surface area contributed by atoms with Crippen LogP contribution in [0.1, 0.15) is 41.6 Å². The number of carbonyl (C=O) groups is 1. The third-order valence-corrected chi connectivity index (χ3v) is 7.93. The van der Waals surface area contributed by atoms with Crippen molar-refractivity contribution in [2.75, 3.05) is 17.8 Å². The average molecular weight is 516 g/mol. The van der Waals surface area contributed by atoms with Crippen molar-refractivity contribution < 1.29 is 14.3 Å².